The number of phenolic OH excluding ortho intramolecular Hbond substituents is 1. The highest BCUT2D eigenvalue weighted by molar-refractivity contribution is 6.04. The number of hydrazone groups is 1. The zero-order valence-corrected chi connectivity index (χ0v) is 20.8. The van der Waals surface area contributed by atoms with Crippen molar-refractivity contribution < 1.29 is 9.90 Å². The van der Waals surface area contributed by atoms with Crippen molar-refractivity contribution in [3.63, 3.8) is 0 Å². The van der Waals surface area contributed by atoms with Crippen molar-refractivity contribution in [3.8, 4) is 5.75 Å². The number of phenols is 1. The Balaban J connectivity index is 1.75. The van der Waals surface area contributed by atoms with Gasteiger partial charge in [0.25, 0.3) is 0 Å². The Morgan fingerprint density at radius 2 is 1.85 bits per heavy atom. The van der Waals surface area contributed by atoms with Gasteiger partial charge in [0, 0.05) is 22.8 Å². The summed E-state index contributed by atoms with van der Waals surface area (Å²) in [5.74, 6) is 0.454. The fourth-order valence-corrected chi connectivity index (χ4v) is 4.40. The van der Waals surface area contributed by atoms with Crippen LogP contribution in [-0.2, 0) is 16.6 Å². The van der Waals surface area contributed by atoms with Crippen molar-refractivity contribution in [2.24, 2.45) is 10.5 Å². The van der Waals surface area contributed by atoms with E-state index in [9.17, 15) is 9.90 Å². The van der Waals surface area contributed by atoms with Gasteiger partial charge in [0.05, 0.1) is 11.8 Å². The Kier molecular flexibility index (Phi) is 6.50. The smallest absolute Gasteiger partial charge is 0.146 e. The number of nitrogens with zero attached hydrogens (tertiary/aromatic N) is 2. The van der Waals surface area contributed by atoms with Gasteiger partial charge in [-0.1, -0.05) is 89.2 Å². The van der Waals surface area contributed by atoms with E-state index in [4.69, 9.17) is 5.10 Å². The van der Waals surface area contributed by atoms with Gasteiger partial charge >= 0.3 is 0 Å². The molecule has 5 heteroatoms. The first-order valence-corrected chi connectivity index (χ1v) is 12.1. The molecule has 2 aromatic rings. The maximum absolute atomic E-state index is 12.8. The Morgan fingerprint density at radius 3 is 2.53 bits per heavy atom. The molecule has 0 saturated heterocycles. The Bertz CT molecular complexity index is 1160. The van der Waals surface area contributed by atoms with Crippen LogP contribution in [0.3, 0.4) is 0 Å². The largest absolute Gasteiger partial charge is 0.505 e. The van der Waals surface area contributed by atoms with Gasteiger partial charge in [-0.3, -0.25) is 4.79 Å². The van der Waals surface area contributed by atoms with Crippen LogP contribution in [0, 0.1) is 5.41 Å². The van der Waals surface area contributed by atoms with Crippen LogP contribution < -0.4 is 10.5 Å². The average molecular weight is 458 g/mol. The fraction of sp³-hybridized carbons (Fsp3) is 0.379. The molecule has 0 aromatic heterocycles. The number of rotatable bonds is 8. The normalized spacial score (nSPS) is 17.6. The number of aromatic hydroxyl groups is 1. The average Bonchev–Trinajstić information content (AvgIpc) is 3.27. The Morgan fingerprint density at radius 1 is 1.12 bits per heavy atom. The lowest BCUT2D eigenvalue weighted by Crippen LogP contribution is -2.37. The summed E-state index contributed by atoms with van der Waals surface area (Å²) in [7, 11) is 0. The second kappa shape index (κ2) is 9.22. The summed E-state index contributed by atoms with van der Waals surface area (Å²) in [5, 5.41) is 17.9. The molecule has 0 amide bonds. The minimum atomic E-state index is -0.442. The quantitative estimate of drug-likeness (QED) is 0.523. The molecule has 1 aliphatic heterocycles. The third kappa shape index (κ3) is 4.58. The van der Waals surface area contributed by atoms with E-state index in [1.54, 1.807) is 5.12 Å². The number of anilines is 1. The predicted molar refractivity (Wildman–Crippen MR) is 139 cm³/mol. The highest BCUT2D eigenvalue weighted by Crippen LogP contribution is 2.43. The number of allylic oxidation sites excluding steroid dienone is 2. The van der Waals surface area contributed by atoms with Gasteiger partial charge in [-0.05, 0) is 36.1 Å². The number of hydrogen-bond donors (Lipinski definition) is 2. The standard InChI is InChI=1S/C29H35N3O2/c1-6-28(2,3)26(33)17-16-20-18-22(29(4,5)21-12-8-7-9-13-21)27(34)25(19-20)32-30-23-14-10-11-15-24(23)31-32/h7-15,18-19,23,30,34H,6,16-17H2,1-5H3. The second-order valence-corrected chi connectivity index (χ2v) is 10.4. The van der Waals surface area contributed by atoms with Crippen LogP contribution in [-0.4, -0.2) is 22.6 Å². The summed E-state index contributed by atoms with van der Waals surface area (Å²) < 4.78 is 0. The zero-order valence-electron chi connectivity index (χ0n) is 20.8. The zero-order chi connectivity index (χ0) is 24.5. The molecule has 2 N–H and O–H groups in total. The summed E-state index contributed by atoms with van der Waals surface area (Å²) in [6.45, 7) is 10.3. The summed E-state index contributed by atoms with van der Waals surface area (Å²) in [6.07, 6.45) is 9.85. The van der Waals surface area contributed by atoms with Crippen molar-refractivity contribution in [2.75, 3.05) is 5.12 Å². The van der Waals surface area contributed by atoms with E-state index in [2.05, 4.69) is 38.3 Å². The number of carbonyl (C=O) groups is 1. The van der Waals surface area contributed by atoms with E-state index in [0.717, 1.165) is 28.8 Å². The van der Waals surface area contributed by atoms with Crippen LogP contribution >= 0.6 is 0 Å². The summed E-state index contributed by atoms with van der Waals surface area (Å²) >= 11 is 0. The first-order chi connectivity index (χ1) is 16.1. The molecule has 1 heterocycles. The molecule has 5 nitrogen and oxygen atoms in total. The highest BCUT2D eigenvalue weighted by atomic mass is 16.3. The molecule has 2 aromatic carbocycles. The maximum atomic E-state index is 12.8. The molecule has 178 valence electrons. The van der Waals surface area contributed by atoms with Gasteiger partial charge < -0.3 is 5.11 Å². The van der Waals surface area contributed by atoms with E-state index in [1.807, 2.05) is 68.5 Å². The van der Waals surface area contributed by atoms with Crippen LogP contribution in [0.1, 0.15) is 64.2 Å². The van der Waals surface area contributed by atoms with Gasteiger partial charge in [0.2, 0.25) is 0 Å². The lowest BCUT2D eigenvalue weighted by Gasteiger charge is -2.30. The lowest BCUT2D eigenvalue weighted by molar-refractivity contribution is -0.127. The molecule has 4 rings (SSSR count). The number of aryl methyl sites for hydroxylation is 1. The minimum Gasteiger partial charge on any atom is -0.505 e. The monoisotopic (exact) mass is 457 g/mol. The number of fused-ring (bicyclic) bond motifs is 1. The van der Waals surface area contributed by atoms with Crippen LogP contribution in [0.2, 0.25) is 0 Å². The maximum Gasteiger partial charge on any atom is 0.146 e. The first kappa shape index (κ1) is 24.0. The van der Waals surface area contributed by atoms with Crippen LogP contribution in [0.5, 0.6) is 5.75 Å². The van der Waals surface area contributed by atoms with E-state index < -0.39 is 5.41 Å². The topological polar surface area (TPSA) is 64.9 Å². The van der Waals surface area contributed by atoms with Gasteiger partial charge in [-0.25, -0.2) is 0 Å². The van der Waals surface area contributed by atoms with Crippen molar-refractivity contribution in [3.05, 3.63) is 83.5 Å². The molecule has 0 saturated carbocycles. The molecule has 0 spiro atoms. The molecule has 2 aliphatic rings. The van der Waals surface area contributed by atoms with E-state index >= 15 is 0 Å². The van der Waals surface area contributed by atoms with E-state index in [0.29, 0.717) is 18.5 Å². The van der Waals surface area contributed by atoms with E-state index in [1.165, 1.54) is 0 Å². The lowest BCUT2D eigenvalue weighted by atomic mass is 9.76. The van der Waals surface area contributed by atoms with Crippen molar-refractivity contribution in [2.45, 2.75) is 65.3 Å². The number of carbonyl (C=O) groups excluding carboxylic acids is 1. The van der Waals surface area contributed by atoms with Crippen LogP contribution in [0.15, 0.2) is 71.9 Å². The molecule has 0 bridgehead atoms. The second-order valence-electron chi connectivity index (χ2n) is 10.4. The summed E-state index contributed by atoms with van der Waals surface area (Å²) in [4.78, 5) is 12.8. The predicted octanol–water partition coefficient (Wildman–Crippen LogP) is 5.83. The molecule has 0 radical (unpaired) electrons. The Labute approximate surface area is 202 Å². The number of benzene rings is 2. The van der Waals surface area contributed by atoms with Crippen LogP contribution in [0.25, 0.3) is 0 Å². The molecule has 1 unspecified atom stereocenters. The SMILES string of the molecule is CCC(C)(C)C(=O)CCc1cc(N2N=C3C=CC=CC3N2)c(O)c(C(C)(C)c2ccccc2)c1. The number of hydrogen-bond acceptors (Lipinski definition) is 5. The number of nitrogens with one attached hydrogen (secondary N) is 1. The first-order valence-electron chi connectivity index (χ1n) is 12.1. The molecule has 0 fully saturated rings. The molecular formula is C29H35N3O2. The minimum absolute atomic E-state index is 0.0226. The highest BCUT2D eigenvalue weighted by Gasteiger charge is 2.32. The van der Waals surface area contributed by atoms with Crippen molar-refractivity contribution in [1.29, 1.82) is 0 Å². The van der Waals surface area contributed by atoms with Crippen LogP contribution in [0.4, 0.5) is 5.69 Å². The molecule has 1 aliphatic carbocycles. The third-order valence-corrected chi connectivity index (χ3v) is 7.30. The fourth-order valence-electron chi connectivity index (χ4n) is 4.40. The summed E-state index contributed by atoms with van der Waals surface area (Å²) in [6, 6.07) is 14.2. The van der Waals surface area contributed by atoms with Crippen molar-refractivity contribution in [1.82, 2.24) is 5.43 Å². The Hall–Kier alpha value is -3.18. The number of Topliss-reactive ketones (excluding diaryl/α,β-unsaturated/α-hetero) is 1. The third-order valence-electron chi connectivity index (χ3n) is 7.30. The van der Waals surface area contributed by atoms with Gasteiger partial charge in [-0.15, -0.1) is 0 Å². The molecule has 1 atom stereocenters. The van der Waals surface area contributed by atoms with E-state index in [-0.39, 0.29) is 23.0 Å². The van der Waals surface area contributed by atoms with Gasteiger partial charge in [0.1, 0.15) is 17.2 Å². The number of hydrazine groups is 1. The molecular weight excluding hydrogens is 422 g/mol. The van der Waals surface area contributed by atoms with Crippen molar-refractivity contribution >= 4 is 17.2 Å². The molecule has 34 heavy (non-hydrogen) atoms. The summed E-state index contributed by atoms with van der Waals surface area (Å²) in [5.41, 5.74) is 7.02. The van der Waals surface area contributed by atoms with Gasteiger partial charge in [0.15, 0.2) is 0 Å². The van der Waals surface area contributed by atoms with Gasteiger partial charge in [-0.2, -0.15) is 15.6 Å². The number of ketones is 1.